The first-order chi connectivity index (χ1) is 4.27. The van der Waals surface area contributed by atoms with Crippen molar-refractivity contribution in [2.24, 2.45) is 0 Å². The molecule has 9 heavy (non-hydrogen) atoms. The van der Waals surface area contributed by atoms with E-state index in [2.05, 4.69) is 11.9 Å². The predicted octanol–water partition coefficient (Wildman–Crippen LogP) is 1.51. The molecular formula is C7H14FN. The van der Waals surface area contributed by atoms with E-state index in [1.807, 2.05) is 6.92 Å². The third kappa shape index (κ3) is 7.63. The van der Waals surface area contributed by atoms with Gasteiger partial charge < -0.3 is 5.32 Å². The van der Waals surface area contributed by atoms with E-state index >= 15 is 0 Å². The molecular weight excluding hydrogens is 117 g/mol. The Labute approximate surface area is 56.0 Å². The second-order valence-corrected chi connectivity index (χ2v) is 2.15. The van der Waals surface area contributed by atoms with Gasteiger partial charge in [0.2, 0.25) is 0 Å². The second-order valence-electron chi connectivity index (χ2n) is 2.15. The van der Waals surface area contributed by atoms with Crippen LogP contribution in [0.25, 0.3) is 0 Å². The largest absolute Gasteiger partial charge is 0.314 e. The first kappa shape index (κ1) is 8.63. The molecule has 0 aliphatic carbocycles. The van der Waals surface area contributed by atoms with Crippen LogP contribution in [0.2, 0.25) is 0 Å². The summed E-state index contributed by atoms with van der Waals surface area (Å²) in [6, 6.07) is 0. The molecule has 0 saturated heterocycles. The number of alkyl halides is 1. The van der Waals surface area contributed by atoms with Gasteiger partial charge in [-0.15, -0.1) is 6.58 Å². The van der Waals surface area contributed by atoms with Gasteiger partial charge in [-0.05, 0) is 19.9 Å². The smallest absolute Gasteiger partial charge is 0.102 e. The molecule has 0 unspecified atom stereocenters. The summed E-state index contributed by atoms with van der Waals surface area (Å²) < 4.78 is 11.4. The van der Waals surface area contributed by atoms with Crippen molar-refractivity contribution in [2.45, 2.75) is 13.3 Å². The summed E-state index contributed by atoms with van der Waals surface area (Å²) >= 11 is 0. The van der Waals surface area contributed by atoms with E-state index in [9.17, 15) is 4.39 Å². The summed E-state index contributed by atoms with van der Waals surface area (Å²) in [7, 11) is 0. The van der Waals surface area contributed by atoms with Gasteiger partial charge in [0.05, 0.1) is 0 Å². The SMILES string of the molecule is C=C(C)CCNCCF. The van der Waals surface area contributed by atoms with Crippen molar-refractivity contribution in [3.63, 3.8) is 0 Å². The van der Waals surface area contributed by atoms with Gasteiger partial charge in [-0.3, -0.25) is 0 Å². The summed E-state index contributed by atoms with van der Waals surface area (Å²) in [5, 5.41) is 2.93. The van der Waals surface area contributed by atoms with Crippen LogP contribution in [0.1, 0.15) is 13.3 Å². The van der Waals surface area contributed by atoms with Crippen LogP contribution in [0.15, 0.2) is 12.2 Å². The standard InChI is InChI=1S/C7H14FN/c1-7(2)3-5-9-6-4-8/h9H,1,3-6H2,2H3. The highest BCUT2D eigenvalue weighted by Gasteiger charge is 1.85. The Bertz CT molecular complexity index is 81.0. The van der Waals surface area contributed by atoms with E-state index < -0.39 is 0 Å². The highest BCUT2D eigenvalue weighted by molar-refractivity contribution is 4.87. The molecule has 0 bridgehead atoms. The molecule has 0 radical (unpaired) electrons. The summed E-state index contributed by atoms with van der Waals surface area (Å²) in [5.41, 5.74) is 1.14. The summed E-state index contributed by atoms with van der Waals surface area (Å²) in [4.78, 5) is 0. The second kappa shape index (κ2) is 5.76. The maximum atomic E-state index is 11.4. The Balaban J connectivity index is 2.83. The Morgan fingerprint density at radius 1 is 1.56 bits per heavy atom. The highest BCUT2D eigenvalue weighted by Crippen LogP contribution is 1.90. The monoisotopic (exact) mass is 131 g/mol. The zero-order valence-corrected chi connectivity index (χ0v) is 5.91. The fraction of sp³-hybridized carbons (Fsp3) is 0.714. The number of rotatable bonds is 5. The molecule has 0 atom stereocenters. The van der Waals surface area contributed by atoms with Crippen LogP contribution in [-0.2, 0) is 0 Å². The van der Waals surface area contributed by atoms with Gasteiger partial charge in [0.15, 0.2) is 0 Å². The molecule has 0 rings (SSSR count). The number of hydrogen-bond acceptors (Lipinski definition) is 1. The molecule has 2 heteroatoms. The quantitative estimate of drug-likeness (QED) is 0.440. The normalized spacial score (nSPS) is 9.56. The van der Waals surface area contributed by atoms with Crippen LogP contribution in [0.5, 0.6) is 0 Å². The Morgan fingerprint density at radius 2 is 2.22 bits per heavy atom. The highest BCUT2D eigenvalue weighted by atomic mass is 19.1. The van der Waals surface area contributed by atoms with Crippen molar-refractivity contribution in [1.29, 1.82) is 0 Å². The molecule has 1 N–H and O–H groups in total. The van der Waals surface area contributed by atoms with Crippen LogP contribution in [0, 0.1) is 0 Å². The minimum Gasteiger partial charge on any atom is -0.314 e. The summed E-state index contributed by atoms with van der Waals surface area (Å²) in [6.45, 7) is 6.72. The molecule has 54 valence electrons. The lowest BCUT2D eigenvalue weighted by Crippen LogP contribution is -2.17. The molecule has 0 aromatic carbocycles. The fourth-order valence-corrected chi connectivity index (χ4v) is 0.494. The summed E-state index contributed by atoms with van der Waals surface area (Å²) in [6.07, 6.45) is 0.944. The molecule has 0 amide bonds. The predicted molar refractivity (Wildman–Crippen MR) is 38.3 cm³/mol. The molecule has 0 fully saturated rings. The van der Waals surface area contributed by atoms with Crippen molar-refractivity contribution in [3.05, 3.63) is 12.2 Å². The molecule has 0 heterocycles. The van der Waals surface area contributed by atoms with E-state index in [0.717, 1.165) is 18.5 Å². The van der Waals surface area contributed by atoms with Crippen molar-refractivity contribution in [3.8, 4) is 0 Å². The van der Waals surface area contributed by atoms with E-state index in [1.165, 1.54) is 0 Å². The Morgan fingerprint density at radius 3 is 2.67 bits per heavy atom. The van der Waals surface area contributed by atoms with Crippen molar-refractivity contribution >= 4 is 0 Å². The van der Waals surface area contributed by atoms with E-state index in [1.54, 1.807) is 0 Å². The number of nitrogens with one attached hydrogen (secondary N) is 1. The molecule has 0 aromatic heterocycles. The summed E-state index contributed by atoms with van der Waals surface area (Å²) in [5.74, 6) is 0. The fourth-order valence-electron chi connectivity index (χ4n) is 0.494. The molecule has 1 nitrogen and oxygen atoms in total. The molecule has 0 aliphatic rings. The van der Waals surface area contributed by atoms with Gasteiger partial charge in [0.1, 0.15) is 6.67 Å². The van der Waals surface area contributed by atoms with Gasteiger partial charge in [0, 0.05) is 6.54 Å². The number of hydrogen-bond donors (Lipinski definition) is 1. The first-order valence-corrected chi connectivity index (χ1v) is 3.18. The molecule has 0 aromatic rings. The van der Waals surface area contributed by atoms with Crippen LogP contribution >= 0.6 is 0 Å². The van der Waals surface area contributed by atoms with Crippen LogP contribution in [-0.4, -0.2) is 19.8 Å². The average molecular weight is 131 g/mol. The third-order valence-electron chi connectivity index (χ3n) is 1.000. The van der Waals surface area contributed by atoms with Gasteiger partial charge in [-0.2, -0.15) is 0 Å². The maximum Gasteiger partial charge on any atom is 0.102 e. The molecule has 0 spiro atoms. The maximum absolute atomic E-state index is 11.4. The minimum absolute atomic E-state index is 0.282. The van der Waals surface area contributed by atoms with Crippen LogP contribution < -0.4 is 5.32 Å². The minimum atomic E-state index is -0.282. The Kier molecular flexibility index (Phi) is 5.52. The van der Waals surface area contributed by atoms with Crippen LogP contribution in [0.4, 0.5) is 4.39 Å². The number of halogens is 1. The zero-order chi connectivity index (χ0) is 7.11. The van der Waals surface area contributed by atoms with Gasteiger partial charge in [0.25, 0.3) is 0 Å². The van der Waals surface area contributed by atoms with E-state index in [0.29, 0.717) is 6.54 Å². The van der Waals surface area contributed by atoms with Gasteiger partial charge in [-0.25, -0.2) is 4.39 Å². The van der Waals surface area contributed by atoms with E-state index in [-0.39, 0.29) is 6.67 Å². The van der Waals surface area contributed by atoms with Crippen LogP contribution in [0.3, 0.4) is 0 Å². The molecule has 0 saturated carbocycles. The average Bonchev–Trinajstić information content (AvgIpc) is 1.80. The first-order valence-electron chi connectivity index (χ1n) is 3.18. The molecule has 0 aliphatic heterocycles. The zero-order valence-electron chi connectivity index (χ0n) is 5.91. The third-order valence-corrected chi connectivity index (χ3v) is 1.000. The van der Waals surface area contributed by atoms with E-state index in [4.69, 9.17) is 0 Å². The lowest BCUT2D eigenvalue weighted by Gasteiger charge is -1.99. The van der Waals surface area contributed by atoms with Gasteiger partial charge in [-0.1, -0.05) is 5.57 Å². The lowest BCUT2D eigenvalue weighted by molar-refractivity contribution is 0.468. The Hall–Kier alpha value is -0.370. The van der Waals surface area contributed by atoms with Crippen molar-refractivity contribution in [2.75, 3.05) is 19.8 Å². The lowest BCUT2D eigenvalue weighted by atomic mass is 10.2. The van der Waals surface area contributed by atoms with Crippen molar-refractivity contribution in [1.82, 2.24) is 5.32 Å². The topological polar surface area (TPSA) is 12.0 Å². The van der Waals surface area contributed by atoms with Crippen molar-refractivity contribution < 1.29 is 4.39 Å². The van der Waals surface area contributed by atoms with Gasteiger partial charge >= 0.3 is 0 Å².